The second-order valence-corrected chi connectivity index (χ2v) is 6.00. The molecule has 0 aromatic carbocycles. The van der Waals surface area contributed by atoms with Crippen LogP contribution in [-0.2, 0) is 4.79 Å². The minimum atomic E-state index is 0.274. The Hall–Kier alpha value is -0.370. The number of likely N-dealkylation sites (tertiary alicyclic amines) is 1. The van der Waals surface area contributed by atoms with Gasteiger partial charge in [-0.2, -0.15) is 0 Å². The molecule has 1 saturated heterocycles. The highest BCUT2D eigenvalue weighted by Crippen LogP contribution is 2.29. The van der Waals surface area contributed by atoms with Gasteiger partial charge in [0, 0.05) is 32.0 Å². The Balaban J connectivity index is 1.75. The highest BCUT2D eigenvalue weighted by Gasteiger charge is 2.26. The van der Waals surface area contributed by atoms with Gasteiger partial charge in [0.15, 0.2) is 0 Å². The van der Waals surface area contributed by atoms with Crippen molar-refractivity contribution in [3.63, 3.8) is 0 Å². The average Bonchev–Trinajstić information content (AvgIpc) is 2.27. The van der Waals surface area contributed by atoms with Gasteiger partial charge < -0.3 is 4.90 Å². The van der Waals surface area contributed by atoms with Crippen LogP contribution in [0.1, 0.15) is 46.0 Å². The van der Waals surface area contributed by atoms with E-state index in [4.69, 9.17) is 0 Å². The van der Waals surface area contributed by atoms with E-state index in [-0.39, 0.29) is 5.92 Å². The standard InChI is InChI=1S/C14H25NO/c1-11-3-5-13(6-4-11)10-15-8-7-14(16)12(2)9-15/h11-13H,3-10H2,1-2H3. The van der Waals surface area contributed by atoms with Crippen molar-refractivity contribution in [2.45, 2.75) is 46.0 Å². The number of carbonyl (C=O) groups is 1. The third-order valence-electron chi connectivity index (χ3n) is 4.41. The van der Waals surface area contributed by atoms with Gasteiger partial charge in [-0.3, -0.25) is 4.79 Å². The van der Waals surface area contributed by atoms with Crippen LogP contribution in [0.5, 0.6) is 0 Å². The maximum Gasteiger partial charge on any atom is 0.138 e. The molecule has 2 aliphatic rings. The molecule has 0 spiro atoms. The molecule has 2 nitrogen and oxygen atoms in total. The second-order valence-electron chi connectivity index (χ2n) is 6.00. The first-order chi connectivity index (χ1) is 7.65. The molecule has 2 heteroatoms. The molecule has 1 unspecified atom stereocenters. The third-order valence-corrected chi connectivity index (χ3v) is 4.41. The van der Waals surface area contributed by atoms with Crippen molar-refractivity contribution in [2.24, 2.45) is 17.8 Å². The number of rotatable bonds is 2. The summed E-state index contributed by atoms with van der Waals surface area (Å²) in [6, 6.07) is 0. The van der Waals surface area contributed by atoms with E-state index in [0.29, 0.717) is 5.78 Å². The molecule has 0 aromatic heterocycles. The van der Waals surface area contributed by atoms with Crippen molar-refractivity contribution in [2.75, 3.05) is 19.6 Å². The van der Waals surface area contributed by atoms with E-state index in [1.807, 2.05) is 0 Å². The maximum absolute atomic E-state index is 11.4. The topological polar surface area (TPSA) is 20.3 Å². The van der Waals surface area contributed by atoms with E-state index < -0.39 is 0 Å². The average molecular weight is 223 g/mol. The summed E-state index contributed by atoms with van der Waals surface area (Å²) in [4.78, 5) is 14.0. The first kappa shape index (κ1) is 12.1. The molecule has 0 bridgehead atoms. The van der Waals surface area contributed by atoms with E-state index in [0.717, 1.165) is 31.3 Å². The lowest BCUT2D eigenvalue weighted by Gasteiger charge is -2.35. The number of ketones is 1. The lowest BCUT2D eigenvalue weighted by atomic mass is 9.82. The molecule has 0 radical (unpaired) electrons. The Morgan fingerprint density at radius 1 is 1.19 bits per heavy atom. The predicted molar refractivity (Wildman–Crippen MR) is 66.4 cm³/mol. The van der Waals surface area contributed by atoms with Crippen molar-refractivity contribution in [1.82, 2.24) is 4.90 Å². The van der Waals surface area contributed by atoms with Crippen molar-refractivity contribution in [1.29, 1.82) is 0 Å². The lowest BCUT2D eigenvalue weighted by Crippen LogP contribution is -2.42. The summed E-state index contributed by atoms with van der Waals surface area (Å²) < 4.78 is 0. The molecule has 1 aliphatic heterocycles. The highest BCUT2D eigenvalue weighted by molar-refractivity contribution is 5.81. The summed E-state index contributed by atoms with van der Waals surface area (Å²) in [6.45, 7) is 7.71. The Morgan fingerprint density at radius 3 is 2.50 bits per heavy atom. The van der Waals surface area contributed by atoms with Crippen molar-refractivity contribution in [3.05, 3.63) is 0 Å². The molecule has 0 N–H and O–H groups in total. The van der Waals surface area contributed by atoms with Gasteiger partial charge in [-0.25, -0.2) is 0 Å². The SMILES string of the molecule is CC1CCC(CN2CCC(=O)C(C)C2)CC1. The van der Waals surface area contributed by atoms with Crippen LogP contribution in [0.2, 0.25) is 0 Å². The molecule has 16 heavy (non-hydrogen) atoms. The molecule has 2 rings (SSSR count). The van der Waals surface area contributed by atoms with Crippen molar-refractivity contribution in [3.8, 4) is 0 Å². The molecule has 1 saturated carbocycles. The molecule has 1 heterocycles. The fraction of sp³-hybridized carbons (Fsp3) is 0.929. The van der Waals surface area contributed by atoms with Gasteiger partial charge in [0.2, 0.25) is 0 Å². The van der Waals surface area contributed by atoms with Crippen LogP contribution in [0, 0.1) is 17.8 Å². The zero-order valence-corrected chi connectivity index (χ0v) is 10.7. The molecule has 1 aliphatic carbocycles. The van der Waals surface area contributed by atoms with Crippen LogP contribution < -0.4 is 0 Å². The number of hydrogen-bond donors (Lipinski definition) is 0. The fourth-order valence-electron chi connectivity index (χ4n) is 3.14. The zero-order valence-electron chi connectivity index (χ0n) is 10.7. The Kier molecular flexibility index (Phi) is 4.01. The Bertz CT molecular complexity index is 243. The molecular formula is C14H25NO. The van der Waals surface area contributed by atoms with Crippen LogP contribution in [0.25, 0.3) is 0 Å². The molecular weight excluding hydrogens is 198 g/mol. The van der Waals surface area contributed by atoms with Crippen LogP contribution in [-0.4, -0.2) is 30.3 Å². The molecule has 0 amide bonds. The highest BCUT2D eigenvalue weighted by atomic mass is 16.1. The van der Waals surface area contributed by atoms with Crippen LogP contribution in [0.3, 0.4) is 0 Å². The first-order valence-electron chi connectivity index (χ1n) is 6.90. The summed E-state index contributed by atoms with van der Waals surface area (Å²) in [5, 5.41) is 0. The maximum atomic E-state index is 11.4. The van der Waals surface area contributed by atoms with Gasteiger partial charge in [-0.1, -0.05) is 26.7 Å². The minimum Gasteiger partial charge on any atom is -0.302 e. The smallest absolute Gasteiger partial charge is 0.138 e. The van der Waals surface area contributed by atoms with Gasteiger partial charge in [0.05, 0.1) is 0 Å². The van der Waals surface area contributed by atoms with Gasteiger partial charge in [-0.05, 0) is 24.7 Å². The van der Waals surface area contributed by atoms with E-state index in [9.17, 15) is 4.79 Å². The van der Waals surface area contributed by atoms with Crippen molar-refractivity contribution >= 4 is 5.78 Å². The number of carbonyl (C=O) groups excluding carboxylic acids is 1. The summed E-state index contributed by atoms with van der Waals surface area (Å²) in [7, 11) is 0. The van der Waals surface area contributed by atoms with Gasteiger partial charge in [-0.15, -0.1) is 0 Å². The van der Waals surface area contributed by atoms with Crippen LogP contribution in [0.4, 0.5) is 0 Å². The zero-order chi connectivity index (χ0) is 11.5. The first-order valence-corrected chi connectivity index (χ1v) is 6.90. The molecule has 0 aromatic rings. The van der Waals surface area contributed by atoms with E-state index in [2.05, 4.69) is 18.7 Å². The van der Waals surface area contributed by atoms with Crippen molar-refractivity contribution < 1.29 is 4.79 Å². The minimum absolute atomic E-state index is 0.274. The quantitative estimate of drug-likeness (QED) is 0.717. The van der Waals surface area contributed by atoms with E-state index in [1.165, 1.54) is 32.2 Å². The van der Waals surface area contributed by atoms with Gasteiger partial charge in [0.1, 0.15) is 5.78 Å². The third kappa shape index (κ3) is 3.07. The van der Waals surface area contributed by atoms with E-state index >= 15 is 0 Å². The summed E-state index contributed by atoms with van der Waals surface area (Å²) in [5.41, 5.74) is 0. The fourth-order valence-corrected chi connectivity index (χ4v) is 3.14. The Labute approximate surface area is 99.4 Å². The summed E-state index contributed by atoms with van der Waals surface area (Å²) >= 11 is 0. The molecule has 2 fully saturated rings. The Morgan fingerprint density at radius 2 is 1.88 bits per heavy atom. The molecule has 92 valence electrons. The number of Topliss-reactive ketones (excluding diaryl/α,β-unsaturated/α-hetero) is 1. The normalized spacial score (nSPS) is 37.6. The predicted octanol–water partition coefficient (Wildman–Crippen LogP) is 2.72. The second kappa shape index (κ2) is 5.31. The molecule has 1 atom stereocenters. The number of nitrogens with zero attached hydrogens (tertiary/aromatic N) is 1. The monoisotopic (exact) mass is 223 g/mol. The van der Waals surface area contributed by atoms with E-state index in [1.54, 1.807) is 0 Å². The summed E-state index contributed by atoms with van der Waals surface area (Å²) in [6.07, 6.45) is 6.41. The van der Waals surface area contributed by atoms with Crippen LogP contribution >= 0.6 is 0 Å². The lowest BCUT2D eigenvalue weighted by molar-refractivity contribution is -0.125. The van der Waals surface area contributed by atoms with Gasteiger partial charge >= 0.3 is 0 Å². The van der Waals surface area contributed by atoms with Gasteiger partial charge in [0.25, 0.3) is 0 Å². The summed E-state index contributed by atoms with van der Waals surface area (Å²) in [5.74, 6) is 2.58. The largest absolute Gasteiger partial charge is 0.302 e. The number of piperidine rings is 1. The van der Waals surface area contributed by atoms with Crippen LogP contribution in [0.15, 0.2) is 0 Å². The number of hydrogen-bond acceptors (Lipinski definition) is 2.